The van der Waals surface area contributed by atoms with Crippen LogP contribution in [0.15, 0.2) is 63.9 Å². The molecular weight excluding hydrogens is 464 g/mol. The summed E-state index contributed by atoms with van der Waals surface area (Å²) in [7, 11) is 0. The van der Waals surface area contributed by atoms with Crippen molar-refractivity contribution in [2.45, 2.75) is 59.4 Å². The predicted octanol–water partition coefficient (Wildman–Crippen LogP) is 6.82. The third-order valence-corrected chi connectivity index (χ3v) is 7.10. The summed E-state index contributed by atoms with van der Waals surface area (Å²) in [5.74, 6) is 0.951. The van der Waals surface area contributed by atoms with E-state index in [1.54, 1.807) is 11.1 Å². The van der Waals surface area contributed by atoms with Gasteiger partial charge in [0.15, 0.2) is 5.43 Å². The van der Waals surface area contributed by atoms with Gasteiger partial charge >= 0.3 is 0 Å². The van der Waals surface area contributed by atoms with E-state index in [9.17, 15) is 9.59 Å². The fraction of sp³-hybridized carbons (Fsp3) is 0.323. The average Bonchev–Trinajstić information content (AvgIpc) is 3.18. The van der Waals surface area contributed by atoms with Crippen molar-refractivity contribution in [3.8, 4) is 5.75 Å². The minimum atomic E-state index is -0.655. The summed E-state index contributed by atoms with van der Waals surface area (Å²) < 4.78 is 12.1. The lowest BCUT2D eigenvalue weighted by molar-refractivity contribution is 0.0970. The molecule has 1 amide bonds. The van der Waals surface area contributed by atoms with Crippen molar-refractivity contribution >= 4 is 22.7 Å². The third kappa shape index (κ3) is 4.64. The zero-order chi connectivity index (χ0) is 26.1. The van der Waals surface area contributed by atoms with Crippen LogP contribution in [-0.2, 0) is 0 Å². The molecule has 4 aromatic rings. The summed E-state index contributed by atoms with van der Waals surface area (Å²) >= 11 is 0. The van der Waals surface area contributed by atoms with Crippen molar-refractivity contribution in [1.82, 2.24) is 4.98 Å². The van der Waals surface area contributed by atoms with Gasteiger partial charge in [-0.3, -0.25) is 14.5 Å². The molecule has 5 rings (SSSR count). The van der Waals surface area contributed by atoms with Gasteiger partial charge in [0.25, 0.3) is 5.91 Å². The van der Waals surface area contributed by atoms with Crippen LogP contribution >= 0.6 is 0 Å². The number of pyridine rings is 1. The summed E-state index contributed by atoms with van der Waals surface area (Å²) in [6, 6.07) is 14.4. The molecule has 6 heteroatoms. The first-order chi connectivity index (χ1) is 17.9. The Morgan fingerprint density at radius 2 is 1.70 bits per heavy atom. The van der Waals surface area contributed by atoms with Crippen LogP contribution < -0.4 is 15.1 Å². The van der Waals surface area contributed by atoms with Crippen LogP contribution in [-0.4, -0.2) is 17.5 Å². The number of aryl methyl sites for hydroxylation is 3. The Balaban J connectivity index is 1.59. The Morgan fingerprint density at radius 3 is 2.43 bits per heavy atom. The standard InChI is InChI=1S/C31H32N2O4/c1-5-6-7-8-15-36-23-11-9-22(10-12-23)28-27-29(34)24-17-20(3)21(4)18-25(24)37-30(27)31(35)33(28)26-16-19(2)13-14-32-26/h9-14,16-18,28H,5-8,15H2,1-4H3/t28-/m0/s1. The van der Waals surface area contributed by atoms with Gasteiger partial charge in [0, 0.05) is 6.20 Å². The number of unbranched alkanes of at least 4 members (excludes halogenated alkanes) is 3. The Bertz CT molecular complexity index is 1520. The van der Waals surface area contributed by atoms with Crippen LogP contribution in [0.1, 0.15) is 77.0 Å². The van der Waals surface area contributed by atoms with E-state index in [1.165, 1.54) is 12.8 Å². The largest absolute Gasteiger partial charge is 0.494 e. The van der Waals surface area contributed by atoms with Crippen LogP contribution in [0.5, 0.6) is 5.75 Å². The van der Waals surface area contributed by atoms with Crippen LogP contribution in [0.25, 0.3) is 11.0 Å². The Morgan fingerprint density at radius 1 is 0.946 bits per heavy atom. The molecule has 2 aromatic heterocycles. The molecule has 190 valence electrons. The molecule has 0 N–H and O–H groups in total. The van der Waals surface area contributed by atoms with Crippen molar-refractivity contribution in [2.75, 3.05) is 11.5 Å². The van der Waals surface area contributed by atoms with Crippen LogP contribution in [0, 0.1) is 20.8 Å². The second kappa shape index (κ2) is 10.2. The van der Waals surface area contributed by atoms with Gasteiger partial charge in [0.1, 0.15) is 17.2 Å². The lowest BCUT2D eigenvalue weighted by atomic mass is 9.97. The molecular formula is C31H32N2O4. The molecule has 0 saturated carbocycles. The van der Waals surface area contributed by atoms with Gasteiger partial charge in [-0.1, -0.05) is 38.3 Å². The number of ether oxygens (including phenoxy) is 1. The summed E-state index contributed by atoms with van der Waals surface area (Å²) in [6.07, 6.45) is 6.23. The normalized spacial score (nSPS) is 14.9. The number of nitrogens with zero attached hydrogens (tertiary/aromatic N) is 2. The number of fused-ring (bicyclic) bond motifs is 2. The molecule has 1 atom stereocenters. The fourth-order valence-electron chi connectivity index (χ4n) is 4.90. The predicted molar refractivity (Wildman–Crippen MR) is 146 cm³/mol. The van der Waals surface area contributed by atoms with Crippen molar-refractivity contribution in [3.05, 3.63) is 98.5 Å². The van der Waals surface area contributed by atoms with E-state index >= 15 is 0 Å². The second-order valence-corrected chi connectivity index (χ2v) is 9.85. The zero-order valence-corrected chi connectivity index (χ0v) is 21.8. The first-order valence-corrected chi connectivity index (χ1v) is 13.0. The Hall–Kier alpha value is -3.93. The topological polar surface area (TPSA) is 72.6 Å². The number of anilines is 1. The highest BCUT2D eigenvalue weighted by molar-refractivity contribution is 6.10. The second-order valence-electron chi connectivity index (χ2n) is 9.85. The smallest absolute Gasteiger partial charge is 0.296 e. The van der Waals surface area contributed by atoms with Gasteiger partial charge in [-0.2, -0.15) is 0 Å². The molecule has 0 saturated heterocycles. The quantitative estimate of drug-likeness (QED) is 0.250. The van der Waals surface area contributed by atoms with E-state index < -0.39 is 6.04 Å². The van der Waals surface area contributed by atoms with Crippen LogP contribution in [0.4, 0.5) is 5.82 Å². The first kappa shape index (κ1) is 24.8. The van der Waals surface area contributed by atoms with E-state index in [0.29, 0.717) is 29.0 Å². The first-order valence-electron chi connectivity index (χ1n) is 13.0. The van der Waals surface area contributed by atoms with Crippen molar-refractivity contribution in [1.29, 1.82) is 0 Å². The molecule has 3 heterocycles. The van der Waals surface area contributed by atoms with E-state index in [1.807, 2.05) is 69.3 Å². The highest BCUT2D eigenvalue weighted by Gasteiger charge is 2.44. The van der Waals surface area contributed by atoms with Crippen LogP contribution in [0.3, 0.4) is 0 Å². The lowest BCUT2D eigenvalue weighted by Crippen LogP contribution is -2.30. The van der Waals surface area contributed by atoms with E-state index in [4.69, 9.17) is 9.15 Å². The van der Waals surface area contributed by atoms with Gasteiger partial charge in [-0.05, 0) is 85.8 Å². The van der Waals surface area contributed by atoms with Gasteiger partial charge < -0.3 is 9.15 Å². The molecule has 2 aromatic carbocycles. The number of hydrogen-bond acceptors (Lipinski definition) is 5. The molecule has 1 aliphatic heterocycles. The minimum Gasteiger partial charge on any atom is -0.494 e. The van der Waals surface area contributed by atoms with E-state index in [-0.39, 0.29) is 17.1 Å². The van der Waals surface area contributed by atoms with E-state index in [0.717, 1.165) is 40.8 Å². The highest BCUT2D eigenvalue weighted by Crippen LogP contribution is 2.41. The van der Waals surface area contributed by atoms with Crippen molar-refractivity contribution in [2.24, 2.45) is 0 Å². The van der Waals surface area contributed by atoms with Gasteiger partial charge in [0.05, 0.1) is 23.6 Å². The fourth-order valence-corrected chi connectivity index (χ4v) is 4.90. The molecule has 1 aliphatic rings. The average molecular weight is 497 g/mol. The van der Waals surface area contributed by atoms with Gasteiger partial charge in [0.2, 0.25) is 5.76 Å². The van der Waals surface area contributed by atoms with Crippen molar-refractivity contribution < 1.29 is 13.9 Å². The summed E-state index contributed by atoms with van der Waals surface area (Å²) in [4.78, 5) is 33.7. The Kier molecular flexibility index (Phi) is 6.83. The van der Waals surface area contributed by atoms with E-state index in [2.05, 4.69) is 11.9 Å². The minimum absolute atomic E-state index is 0.0744. The summed E-state index contributed by atoms with van der Waals surface area (Å²) in [5.41, 5.74) is 4.34. The number of benzene rings is 2. The van der Waals surface area contributed by atoms with Crippen LogP contribution in [0.2, 0.25) is 0 Å². The molecule has 0 spiro atoms. The molecule has 0 bridgehead atoms. The Labute approximate surface area is 216 Å². The molecule has 0 aliphatic carbocycles. The SMILES string of the molecule is CCCCCCOc1ccc([C@H]2c3c(oc4cc(C)c(C)cc4c3=O)C(=O)N2c2cc(C)ccn2)cc1. The maximum atomic E-state index is 13.9. The molecule has 6 nitrogen and oxygen atoms in total. The lowest BCUT2D eigenvalue weighted by Gasteiger charge is -2.24. The summed E-state index contributed by atoms with van der Waals surface area (Å²) in [6.45, 7) is 8.73. The maximum absolute atomic E-state index is 13.9. The van der Waals surface area contributed by atoms with Crippen molar-refractivity contribution in [3.63, 3.8) is 0 Å². The number of carbonyl (C=O) groups excluding carboxylic acids is 1. The third-order valence-electron chi connectivity index (χ3n) is 7.10. The number of hydrogen-bond donors (Lipinski definition) is 0. The van der Waals surface area contributed by atoms with Gasteiger partial charge in [-0.25, -0.2) is 4.98 Å². The highest BCUT2D eigenvalue weighted by atomic mass is 16.5. The molecule has 0 fully saturated rings. The number of amides is 1. The maximum Gasteiger partial charge on any atom is 0.296 e. The summed E-state index contributed by atoms with van der Waals surface area (Å²) in [5, 5.41) is 0.478. The number of carbonyl (C=O) groups is 1. The molecule has 0 unspecified atom stereocenters. The monoisotopic (exact) mass is 496 g/mol. The van der Waals surface area contributed by atoms with Gasteiger partial charge in [-0.15, -0.1) is 0 Å². The molecule has 0 radical (unpaired) electrons. The number of aromatic nitrogens is 1. The molecule has 37 heavy (non-hydrogen) atoms. The number of rotatable bonds is 8. The zero-order valence-electron chi connectivity index (χ0n) is 21.8.